The first-order chi connectivity index (χ1) is 9.47. The third kappa shape index (κ3) is 3.29. The molecule has 1 heterocycles. The summed E-state index contributed by atoms with van der Waals surface area (Å²) >= 11 is 2.13. The smallest absolute Gasteiger partial charge is 0.272 e. The normalized spacial score (nSPS) is 10.2. The number of carbonyl (C=O) groups excluding carboxylic acids is 1. The molecule has 0 radical (unpaired) electrons. The summed E-state index contributed by atoms with van der Waals surface area (Å²) in [5.41, 5.74) is 6.18. The third-order valence-electron chi connectivity index (χ3n) is 2.74. The first-order valence-corrected chi connectivity index (χ1v) is 6.77. The predicted octanol–water partition coefficient (Wildman–Crippen LogP) is 1.95. The zero-order valence-corrected chi connectivity index (χ0v) is 12.5. The molecular formula is C13H11IN3O3+. The second-order valence-electron chi connectivity index (χ2n) is 4.13. The minimum atomic E-state index is -0.499. The molecule has 7 heteroatoms. The summed E-state index contributed by atoms with van der Waals surface area (Å²) in [5, 5.41) is 10.6. The first-order valence-electron chi connectivity index (χ1n) is 5.69. The average molecular weight is 384 g/mol. The molecule has 0 bridgehead atoms. The van der Waals surface area contributed by atoms with E-state index in [1.54, 1.807) is 16.8 Å². The van der Waals surface area contributed by atoms with Crippen LogP contribution in [0.25, 0.3) is 0 Å². The van der Waals surface area contributed by atoms with Crippen LogP contribution in [0.2, 0.25) is 0 Å². The number of ketones is 1. The van der Waals surface area contributed by atoms with Gasteiger partial charge in [-0.15, -0.1) is 0 Å². The van der Waals surface area contributed by atoms with E-state index >= 15 is 0 Å². The van der Waals surface area contributed by atoms with Crippen LogP contribution in [0.3, 0.4) is 0 Å². The van der Waals surface area contributed by atoms with E-state index in [-0.39, 0.29) is 18.0 Å². The number of halogens is 1. The van der Waals surface area contributed by atoms with Crippen molar-refractivity contribution >= 4 is 39.9 Å². The molecule has 0 unspecified atom stereocenters. The topological polar surface area (TPSA) is 90.1 Å². The highest BCUT2D eigenvalue weighted by Gasteiger charge is 2.14. The molecule has 0 atom stereocenters. The van der Waals surface area contributed by atoms with E-state index in [0.717, 1.165) is 3.57 Å². The molecular weight excluding hydrogens is 373 g/mol. The van der Waals surface area contributed by atoms with Crippen LogP contribution in [-0.2, 0) is 6.54 Å². The number of hydrogen-bond donors (Lipinski definition) is 1. The Hall–Kier alpha value is -2.03. The maximum atomic E-state index is 12.1. The fourth-order valence-corrected chi connectivity index (χ4v) is 2.20. The van der Waals surface area contributed by atoms with E-state index in [0.29, 0.717) is 11.4 Å². The fourth-order valence-electron chi connectivity index (χ4n) is 1.68. The summed E-state index contributed by atoms with van der Waals surface area (Å²) in [4.78, 5) is 22.2. The number of nitro benzene ring substituents is 1. The third-order valence-corrected chi connectivity index (χ3v) is 3.38. The predicted molar refractivity (Wildman–Crippen MR) is 81.2 cm³/mol. The summed E-state index contributed by atoms with van der Waals surface area (Å²) in [6, 6.07) is 9.11. The number of Topliss-reactive ketones (excluding diaryl/α,β-unsaturated/α-hetero) is 1. The van der Waals surface area contributed by atoms with Gasteiger partial charge in [-0.3, -0.25) is 20.6 Å². The lowest BCUT2D eigenvalue weighted by Crippen LogP contribution is -2.40. The highest BCUT2D eigenvalue weighted by atomic mass is 127. The SMILES string of the molecule is Nc1ccc(I)c[n+]1CC(=O)c1ccc([N+](=O)[O-])cc1. The molecule has 2 N–H and O–H groups in total. The van der Waals surface area contributed by atoms with Crippen molar-refractivity contribution in [2.24, 2.45) is 0 Å². The quantitative estimate of drug-likeness (QED) is 0.287. The largest absolute Gasteiger partial charge is 0.290 e. The average Bonchev–Trinajstić information content (AvgIpc) is 2.43. The van der Waals surface area contributed by atoms with Gasteiger partial charge in [0, 0.05) is 23.8 Å². The van der Waals surface area contributed by atoms with Crippen molar-refractivity contribution in [3.8, 4) is 0 Å². The van der Waals surface area contributed by atoms with Gasteiger partial charge in [-0.25, -0.2) is 4.57 Å². The Bertz CT molecular complexity index is 671. The Morgan fingerprint density at radius 3 is 2.50 bits per heavy atom. The fraction of sp³-hybridized carbons (Fsp3) is 0.0769. The minimum absolute atomic E-state index is 0.0389. The van der Waals surface area contributed by atoms with E-state index in [2.05, 4.69) is 22.6 Å². The lowest BCUT2D eigenvalue weighted by Gasteiger charge is -2.03. The van der Waals surface area contributed by atoms with Gasteiger partial charge < -0.3 is 0 Å². The lowest BCUT2D eigenvalue weighted by atomic mass is 10.1. The molecule has 0 fully saturated rings. The Morgan fingerprint density at radius 2 is 1.90 bits per heavy atom. The highest BCUT2D eigenvalue weighted by molar-refractivity contribution is 14.1. The van der Waals surface area contributed by atoms with Crippen LogP contribution in [-0.4, -0.2) is 10.7 Å². The molecule has 2 rings (SSSR count). The van der Waals surface area contributed by atoms with Crippen molar-refractivity contribution in [2.75, 3.05) is 5.73 Å². The van der Waals surface area contributed by atoms with Gasteiger partial charge in [0.1, 0.15) is 6.20 Å². The molecule has 1 aromatic carbocycles. The number of aromatic nitrogens is 1. The van der Waals surface area contributed by atoms with Gasteiger partial charge in [-0.05, 0) is 40.8 Å². The number of pyridine rings is 1. The van der Waals surface area contributed by atoms with Gasteiger partial charge >= 0.3 is 0 Å². The van der Waals surface area contributed by atoms with Crippen LogP contribution in [0.1, 0.15) is 10.4 Å². The zero-order valence-electron chi connectivity index (χ0n) is 10.3. The number of anilines is 1. The maximum Gasteiger partial charge on any atom is 0.272 e. The Kier molecular flexibility index (Phi) is 4.28. The summed E-state index contributed by atoms with van der Waals surface area (Å²) in [6.07, 6.45) is 1.78. The van der Waals surface area contributed by atoms with E-state index < -0.39 is 4.92 Å². The van der Waals surface area contributed by atoms with Gasteiger partial charge in [0.15, 0.2) is 6.54 Å². The molecule has 2 aromatic rings. The number of carbonyl (C=O) groups is 1. The number of nitrogens with two attached hydrogens (primary N) is 1. The van der Waals surface area contributed by atoms with E-state index in [4.69, 9.17) is 5.73 Å². The number of nitrogen functional groups attached to an aromatic ring is 1. The highest BCUT2D eigenvalue weighted by Crippen LogP contribution is 2.12. The molecule has 102 valence electrons. The van der Waals surface area contributed by atoms with Gasteiger partial charge in [0.25, 0.3) is 11.5 Å². The number of nitro groups is 1. The molecule has 6 nitrogen and oxygen atoms in total. The van der Waals surface area contributed by atoms with Crippen molar-refractivity contribution in [3.05, 3.63) is 61.8 Å². The van der Waals surface area contributed by atoms with Gasteiger partial charge in [-0.2, -0.15) is 0 Å². The molecule has 1 aromatic heterocycles. The van der Waals surface area contributed by atoms with Crippen LogP contribution in [0.4, 0.5) is 11.5 Å². The van der Waals surface area contributed by atoms with Gasteiger partial charge in [0.2, 0.25) is 5.78 Å². The Balaban J connectivity index is 2.19. The lowest BCUT2D eigenvalue weighted by molar-refractivity contribution is -0.669. The van der Waals surface area contributed by atoms with E-state index in [1.165, 1.54) is 24.3 Å². The van der Waals surface area contributed by atoms with Crippen molar-refractivity contribution in [1.82, 2.24) is 0 Å². The molecule has 0 amide bonds. The molecule has 0 aliphatic carbocycles. The molecule has 0 aliphatic heterocycles. The summed E-state index contributed by atoms with van der Waals surface area (Å²) < 4.78 is 2.61. The first kappa shape index (κ1) is 14.4. The second-order valence-corrected chi connectivity index (χ2v) is 5.37. The van der Waals surface area contributed by atoms with Crippen LogP contribution >= 0.6 is 22.6 Å². The molecule has 20 heavy (non-hydrogen) atoms. The summed E-state index contributed by atoms with van der Waals surface area (Å²) in [5.74, 6) is 0.333. The molecule has 0 aliphatic rings. The Labute approximate surface area is 128 Å². The molecule has 0 saturated heterocycles. The number of benzene rings is 1. The van der Waals surface area contributed by atoms with Crippen LogP contribution < -0.4 is 10.3 Å². The van der Waals surface area contributed by atoms with Crippen LogP contribution in [0, 0.1) is 13.7 Å². The summed E-state index contributed by atoms with van der Waals surface area (Å²) in [6.45, 7) is 0.0977. The number of hydrogen-bond acceptors (Lipinski definition) is 4. The number of non-ortho nitro benzene ring substituents is 1. The van der Waals surface area contributed by atoms with E-state index in [1.807, 2.05) is 6.07 Å². The minimum Gasteiger partial charge on any atom is -0.290 e. The van der Waals surface area contributed by atoms with Crippen LogP contribution in [0.5, 0.6) is 0 Å². The Morgan fingerprint density at radius 1 is 1.25 bits per heavy atom. The van der Waals surface area contributed by atoms with E-state index in [9.17, 15) is 14.9 Å². The van der Waals surface area contributed by atoms with Crippen molar-refractivity contribution in [1.29, 1.82) is 0 Å². The zero-order chi connectivity index (χ0) is 14.7. The van der Waals surface area contributed by atoms with Gasteiger partial charge in [-0.1, -0.05) is 0 Å². The number of rotatable bonds is 4. The van der Waals surface area contributed by atoms with Crippen LogP contribution in [0.15, 0.2) is 42.6 Å². The van der Waals surface area contributed by atoms with Crippen molar-refractivity contribution in [2.45, 2.75) is 6.54 Å². The molecule has 0 saturated carbocycles. The second kappa shape index (κ2) is 5.95. The summed E-state index contributed by atoms with van der Waals surface area (Å²) in [7, 11) is 0. The standard InChI is InChI=1S/C13H10IN3O3/c14-10-3-6-13(15)16(7-10)8-12(18)9-1-4-11(5-2-9)17(19)20/h1-7,15H,8H2/p+1. The number of nitrogens with zero attached hydrogens (tertiary/aromatic N) is 2. The van der Waals surface area contributed by atoms with Gasteiger partial charge in [0.05, 0.1) is 8.49 Å². The van der Waals surface area contributed by atoms with Crippen molar-refractivity contribution in [3.63, 3.8) is 0 Å². The monoisotopic (exact) mass is 384 g/mol. The van der Waals surface area contributed by atoms with Crippen molar-refractivity contribution < 1.29 is 14.3 Å². The maximum absolute atomic E-state index is 12.1. The molecule has 0 spiro atoms.